The minimum atomic E-state index is 0.493. The Morgan fingerprint density at radius 2 is 2.31 bits per heavy atom. The lowest BCUT2D eigenvalue weighted by Crippen LogP contribution is -2.24. The molecular formula is C9H12ClN3. The summed E-state index contributed by atoms with van der Waals surface area (Å²) in [5, 5.41) is 3.44. The molecule has 0 unspecified atom stereocenters. The zero-order valence-corrected chi connectivity index (χ0v) is 8.47. The molecule has 1 N–H and O–H groups in total. The van der Waals surface area contributed by atoms with Gasteiger partial charge in [-0.25, -0.2) is 4.98 Å². The first-order valence-electron chi connectivity index (χ1n) is 3.87. The van der Waals surface area contributed by atoms with E-state index in [0.717, 1.165) is 11.5 Å². The Balaban J connectivity index is 2.83. The molecule has 0 saturated carbocycles. The minimum absolute atomic E-state index is 0.493. The first-order valence-corrected chi connectivity index (χ1v) is 4.25. The highest BCUT2D eigenvalue weighted by Gasteiger charge is 2.02. The minimum Gasteiger partial charge on any atom is -0.375 e. The lowest BCUT2D eigenvalue weighted by Gasteiger charge is -2.20. The summed E-state index contributed by atoms with van der Waals surface area (Å²) in [6, 6.07) is 3.63. The number of nitrogens with one attached hydrogen (secondary N) is 1. The molecule has 0 aromatic carbocycles. The number of halogens is 1. The zero-order chi connectivity index (χ0) is 9.84. The Hall–Kier alpha value is -1.22. The zero-order valence-electron chi connectivity index (χ0n) is 7.71. The van der Waals surface area contributed by atoms with Crippen LogP contribution in [0.15, 0.2) is 30.7 Å². The van der Waals surface area contributed by atoms with Gasteiger partial charge in [0.15, 0.2) is 0 Å². The Labute approximate surface area is 83.0 Å². The molecule has 1 rings (SSSR count). The van der Waals surface area contributed by atoms with E-state index in [-0.39, 0.29) is 0 Å². The van der Waals surface area contributed by atoms with Crippen LogP contribution < -0.4 is 10.2 Å². The van der Waals surface area contributed by atoms with Crippen molar-refractivity contribution >= 4 is 17.3 Å². The number of nitrogens with zero attached hydrogens (tertiary/aromatic N) is 2. The van der Waals surface area contributed by atoms with Gasteiger partial charge in [-0.2, -0.15) is 0 Å². The third kappa shape index (κ3) is 2.36. The molecule has 0 aliphatic heterocycles. The number of hydrogen-bond donors (Lipinski definition) is 1. The monoisotopic (exact) mass is 197 g/mol. The fourth-order valence-corrected chi connectivity index (χ4v) is 1.00. The summed E-state index contributed by atoms with van der Waals surface area (Å²) in [5.41, 5.74) is 0.948. The molecule has 3 nitrogen and oxygen atoms in total. The van der Waals surface area contributed by atoms with Crippen molar-refractivity contribution in [2.45, 2.75) is 0 Å². The standard InChI is InChI=1S/C9H12ClN3/c1-7(11-2)13(3)8-4-5-9(10)12-6-8/h4-6,11H,1H2,2-3H3. The highest BCUT2D eigenvalue weighted by atomic mass is 35.5. The molecule has 0 amide bonds. The van der Waals surface area contributed by atoms with Crippen molar-refractivity contribution in [2.75, 3.05) is 19.0 Å². The summed E-state index contributed by atoms with van der Waals surface area (Å²) in [5.74, 6) is 0.809. The van der Waals surface area contributed by atoms with Gasteiger partial charge >= 0.3 is 0 Å². The van der Waals surface area contributed by atoms with E-state index in [1.54, 1.807) is 12.3 Å². The second-order valence-electron chi connectivity index (χ2n) is 2.59. The summed E-state index contributed by atoms with van der Waals surface area (Å²) in [6.45, 7) is 3.83. The fourth-order valence-electron chi connectivity index (χ4n) is 0.890. The first kappa shape index (κ1) is 9.86. The van der Waals surface area contributed by atoms with E-state index in [2.05, 4.69) is 16.9 Å². The van der Waals surface area contributed by atoms with Crippen LogP contribution in [-0.2, 0) is 0 Å². The van der Waals surface area contributed by atoms with Gasteiger partial charge in [-0.1, -0.05) is 18.2 Å². The number of hydrogen-bond acceptors (Lipinski definition) is 3. The van der Waals surface area contributed by atoms with Crippen molar-refractivity contribution in [3.63, 3.8) is 0 Å². The maximum Gasteiger partial charge on any atom is 0.129 e. The average Bonchev–Trinajstić information content (AvgIpc) is 2.17. The molecule has 70 valence electrons. The molecule has 1 aromatic rings. The molecule has 0 saturated heterocycles. The second kappa shape index (κ2) is 4.14. The van der Waals surface area contributed by atoms with Crippen LogP contribution in [0.2, 0.25) is 5.15 Å². The van der Waals surface area contributed by atoms with E-state index in [4.69, 9.17) is 11.6 Å². The summed E-state index contributed by atoms with van der Waals surface area (Å²) < 4.78 is 0. The molecule has 0 atom stereocenters. The lowest BCUT2D eigenvalue weighted by atomic mass is 10.4. The highest BCUT2D eigenvalue weighted by Crippen LogP contribution is 2.15. The molecule has 4 heteroatoms. The topological polar surface area (TPSA) is 28.2 Å². The lowest BCUT2D eigenvalue weighted by molar-refractivity contribution is 0.906. The quantitative estimate of drug-likeness (QED) is 0.750. The van der Waals surface area contributed by atoms with Crippen LogP contribution in [0.4, 0.5) is 5.69 Å². The maximum absolute atomic E-state index is 5.66. The molecule has 0 bridgehead atoms. The molecular weight excluding hydrogens is 186 g/mol. The van der Waals surface area contributed by atoms with Crippen LogP contribution in [0.25, 0.3) is 0 Å². The molecule has 0 spiro atoms. The van der Waals surface area contributed by atoms with Crippen LogP contribution >= 0.6 is 11.6 Å². The Bertz CT molecular complexity index is 294. The largest absolute Gasteiger partial charge is 0.375 e. The van der Waals surface area contributed by atoms with Crippen LogP contribution in [0.1, 0.15) is 0 Å². The van der Waals surface area contributed by atoms with Crippen molar-refractivity contribution in [3.05, 3.63) is 35.9 Å². The molecule has 0 radical (unpaired) electrons. The first-order chi connectivity index (χ1) is 6.15. The van der Waals surface area contributed by atoms with Crippen LogP contribution in [0.5, 0.6) is 0 Å². The molecule has 0 aliphatic rings. The van der Waals surface area contributed by atoms with E-state index in [1.807, 2.05) is 25.1 Å². The fraction of sp³-hybridized carbons (Fsp3) is 0.222. The molecule has 1 heterocycles. The van der Waals surface area contributed by atoms with Crippen LogP contribution in [0, 0.1) is 0 Å². The number of pyridine rings is 1. The van der Waals surface area contributed by atoms with Gasteiger partial charge < -0.3 is 10.2 Å². The number of aromatic nitrogens is 1. The van der Waals surface area contributed by atoms with Gasteiger partial charge in [-0.05, 0) is 12.1 Å². The van der Waals surface area contributed by atoms with Gasteiger partial charge in [-0.3, -0.25) is 0 Å². The van der Waals surface area contributed by atoms with Crippen molar-refractivity contribution in [1.82, 2.24) is 10.3 Å². The van der Waals surface area contributed by atoms with Crippen LogP contribution in [0.3, 0.4) is 0 Å². The van der Waals surface area contributed by atoms with E-state index < -0.39 is 0 Å². The third-order valence-corrected chi connectivity index (χ3v) is 2.02. The van der Waals surface area contributed by atoms with Gasteiger partial charge in [0, 0.05) is 14.1 Å². The smallest absolute Gasteiger partial charge is 0.129 e. The summed E-state index contributed by atoms with van der Waals surface area (Å²) in [6.07, 6.45) is 1.70. The molecule has 0 aliphatic carbocycles. The van der Waals surface area contributed by atoms with Gasteiger partial charge in [-0.15, -0.1) is 0 Å². The number of rotatable bonds is 3. The SMILES string of the molecule is C=C(NC)N(C)c1ccc(Cl)nc1. The van der Waals surface area contributed by atoms with Crippen LogP contribution in [-0.4, -0.2) is 19.1 Å². The third-order valence-electron chi connectivity index (χ3n) is 1.79. The van der Waals surface area contributed by atoms with E-state index >= 15 is 0 Å². The molecule has 13 heavy (non-hydrogen) atoms. The van der Waals surface area contributed by atoms with Crippen molar-refractivity contribution < 1.29 is 0 Å². The maximum atomic E-state index is 5.66. The summed E-state index contributed by atoms with van der Waals surface area (Å²) >= 11 is 5.66. The average molecular weight is 198 g/mol. The van der Waals surface area contributed by atoms with Gasteiger partial charge in [0.2, 0.25) is 0 Å². The Morgan fingerprint density at radius 1 is 1.62 bits per heavy atom. The van der Waals surface area contributed by atoms with E-state index in [1.165, 1.54) is 0 Å². The number of anilines is 1. The van der Waals surface area contributed by atoms with Gasteiger partial charge in [0.05, 0.1) is 17.7 Å². The van der Waals surface area contributed by atoms with Crippen molar-refractivity contribution in [3.8, 4) is 0 Å². The predicted molar refractivity (Wildman–Crippen MR) is 55.8 cm³/mol. The van der Waals surface area contributed by atoms with Gasteiger partial charge in [0.25, 0.3) is 0 Å². The summed E-state index contributed by atoms with van der Waals surface area (Å²) in [7, 11) is 3.73. The highest BCUT2D eigenvalue weighted by molar-refractivity contribution is 6.29. The van der Waals surface area contributed by atoms with E-state index in [0.29, 0.717) is 5.15 Å². The second-order valence-corrected chi connectivity index (χ2v) is 2.98. The molecule has 1 aromatic heterocycles. The van der Waals surface area contributed by atoms with Crippen molar-refractivity contribution in [1.29, 1.82) is 0 Å². The normalized spacial score (nSPS) is 9.46. The Kier molecular flexibility index (Phi) is 3.14. The molecule has 0 fully saturated rings. The summed E-state index contributed by atoms with van der Waals surface area (Å²) in [4.78, 5) is 5.86. The predicted octanol–water partition coefficient (Wildman–Crippen LogP) is 1.86. The Morgan fingerprint density at radius 3 is 2.77 bits per heavy atom. The van der Waals surface area contributed by atoms with Gasteiger partial charge in [0.1, 0.15) is 5.15 Å². The van der Waals surface area contributed by atoms with Crippen molar-refractivity contribution in [2.24, 2.45) is 0 Å². The van der Waals surface area contributed by atoms with E-state index in [9.17, 15) is 0 Å².